The molecule has 1 aliphatic heterocycles. The predicted molar refractivity (Wildman–Crippen MR) is 94.8 cm³/mol. The lowest BCUT2D eigenvalue weighted by atomic mass is 9.92. The van der Waals surface area contributed by atoms with Gasteiger partial charge in [0.05, 0.1) is 24.7 Å². The second-order valence-electron chi connectivity index (χ2n) is 6.75. The maximum Gasteiger partial charge on any atom is 0.225 e. The van der Waals surface area contributed by atoms with E-state index in [1.165, 1.54) is 0 Å². The van der Waals surface area contributed by atoms with Crippen LogP contribution in [0.4, 0.5) is 0 Å². The van der Waals surface area contributed by atoms with Crippen LogP contribution in [0.3, 0.4) is 0 Å². The van der Waals surface area contributed by atoms with Gasteiger partial charge in [-0.3, -0.25) is 9.59 Å². The van der Waals surface area contributed by atoms with Gasteiger partial charge in [0.15, 0.2) is 0 Å². The lowest BCUT2D eigenvalue weighted by Crippen LogP contribution is -2.57. The summed E-state index contributed by atoms with van der Waals surface area (Å²) < 4.78 is 0. The predicted octanol–water partition coefficient (Wildman–Crippen LogP) is 0.717. The van der Waals surface area contributed by atoms with Crippen molar-refractivity contribution in [3.05, 3.63) is 35.9 Å². The monoisotopic (exact) mass is 348 g/mol. The number of hydrogen-bond acceptors (Lipinski definition) is 4. The summed E-state index contributed by atoms with van der Waals surface area (Å²) in [7, 11) is 0. The highest BCUT2D eigenvalue weighted by Gasteiger charge is 2.35. The number of nitrogens with zero attached hydrogens (tertiary/aromatic N) is 1. The smallest absolute Gasteiger partial charge is 0.225 e. The summed E-state index contributed by atoms with van der Waals surface area (Å²) in [5, 5.41) is 21.8. The lowest BCUT2D eigenvalue weighted by Gasteiger charge is -2.35. The topological polar surface area (TPSA) is 89.9 Å². The van der Waals surface area contributed by atoms with Crippen molar-refractivity contribution in [3.8, 4) is 0 Å². The number of amides is 2. The molecule has 1 aliphatic rings. The molecule has 0 spiro atoms. The Morgan fingerprint density at radius 3 is 2.56 bits per heavy atom. The summed E-state index contributed by atoms with van der Waals surface area (Å²) in [6, 6.07) is 9.95. The zero-order valence-electron chi connectivity index (χ0n) is 14.8. The first-order chi connectivity index (χ1) is 12.0. The minimum absolute atomic E-state index is 0.0750. The summed E-state index contributed by atoms with van der Waals surface area (Å²) >= 11 is 0. The van der Waals surface area contributed by atoms with Crippen LogP contribution in [-0.4, -0.2) is 58.8 Å². The first-order valence-corrected chi connectivity index (χ1v) is 8.89. The fourth-order valence-electron chi connectivity index (χ4n) is 3.06. The van der Waals surface area contributed by atoms with Crippen LogP contribution in [-0.2, 0) is 16.0 Å². The van der Waals surface area contributed by atoms with Gasteiger partial charge in [-0.1, -0.05) is 37.3 Å². The summed E-state index contributed by atoms with van der Waals surface area (Å²) in [4.78, 5) is 26.4. The third kappa shape index (κ3) is 5.03. The van der Waals surface area contributed by atoms with Gasteiger partial charge in [0, 0.05) is 19.5 Å². The second kappa shape index (κ2) is 8.97. The molecule has 0 bridgehead atoms. The number of likely N-dealkylation sites (tertiary alicyclic amines) is 1. The Labute approximate surface area is 148 Å². The van der Waals surface area contributed by atoms with Crippen LogP contribution in [0.1, 0.15) is 31.7 Å². The molecule has 25 heavy (non-hydrogen) atoms. The number of hydrogen-bond donors (Lipinski definition) is 3. The molecule has 1 atom stereocenters. The van der Waals surface area contributed by atoms with E-state index in [0.717, 1.165) is 12.0 Å². The summed E-state index contributed by atoms with van der Waals surface area (Å²) in [5.74, 6) is -0.439. The second-order valence-corrected chi connectivity index (χ2v) is 6.75. The fourth-order valence-corrected chi connectivity index (χ4v) is 3.06. The molecule has 0 radical (unpaired) electrons. The number of rotatable bonds is 8. The first-order valence-electron chi connectivity index (χ1n) is 8.89. The average Bonchev–Trinajstić information content (AvgIpc) is 2.66. The SMILES string of the molecule is CCC(CO)(CO)NC(=O)C1CCC(=O)N(CCc2ccccc2)C1. The van der Waals surface area contributed by atoms with Crippen LogP contribution >= 0.6 is 0 Å². The van der Waals surface area contributed by atoms with Gasteiger partial charge in [-0.25, -0.2) is 0 Å². The molecule has 0 aromatic heterocycles. The van der Waals surface area contributed by atoms with E-state index in [4.69, 9.17) is 0 Å². The van der Waals surface area contributed by atoms with Gasteiger partial charge < -0.3 is 20.4 Å². The number of aliphatic hydroxyl groups is 2. The molecular formula is C19H28N2O4. The Bertz CT molecular complexity index is 564. The van der Waals surface area contributed by atoms with Crippen molar-refractivity contribution in [2.24, 2.45) is 5.92 Å². The van der Waals surface area contributed by atoms with Crippen molar-refractivity contribution in [1.29, 1.82) is 0 Å². The molecule has 1 saturated heterocycles. The van der Waals surface area contributed by atoms with E-state index >= 15 is 0 Å². The minimum Gasteiger partial charge on any atom is -0.394 e. The molecule has 1 aromatic carbocycles. The molecule has 6 heteroatoms. The summed E-state index contributed by atoms with van der Waals surface area (Å²) in [5.41, 5.74) is 0.167. The van der Waals surface area contributed by atoms with E-state index < -0.39 is 5.54 Å². The molecule has 138 valence electrons. The van der Waals surface area contributed by atoms with E-state index in [9.17, 15) is 19.8 Å². The number of piperidine rings is 1. The molecule has 0 aliphatic carbocycles. The maximum absolute atomic E-state index is 12.5. The van der Waals surface area contributed by atoms with Gasteiger partial charge in [0.1, 0.15) is 0 Å². The van der Waals surface area contributed by atoms with E-state index in [2.05, 4.69) is 5.32 Å². The molecule has 0 saturated carbocycles. The largest absolute Gasteiger partial charge is 0.394 e. The van der Waals surface area contributed by atoms with Crippen LogP contribution in [0.2, 0.25) is 0 Å². The zero-order chi connectivity index (χ0) is 18.3. The van der Waals surface area contributed by atoms with Crippen LogP contribution in [0.5, 0.6) is 0 Å². The van der Waals surface area contributed by atoms with Crippen LogP contribution < -0.4 is 5.32 Å². The number of benzene rings is 1. The van der Waals surface area contributed by atoms with Gasteiger partial charge in [-0.05, 0) is 24.8 Å². The highest BCUT2D eigenvalue weighted by molar-refractivity contribution is 5.84. The van der Waals surface area contributed by atoms with E-state index in [-0.39, 0.29) is 30.9 Å². The van der Waals surface area contributed by atoms with Gasteiger partial charge in [-0.15, -0.1) is 0 Å². The molecule has 1 aromatic rings. The quantitative estimate of drug-likeness (QED) is 0.646. The molecule has 1 unspecified atom stereocenters. The van der Waals surface area contributed by atoms with Gasteiger partial charge in [0.25, 0.3) is 0 Å². The molecule has 2 rings (SSSR count). The molecule has 1 fully saturated rings. The third-order valence-electron chi connectivity index (χ3n) is 5.05. The van der Waals surface area contributed by atoms with E-state index in [1.807, 2.05) is 37.3 Å². The summed E-state index contributed by atoms with van der Waals surface area (Å²) in [6.45, 7) is 2.16. The van der Waals surface area contributed by atoms with Crippen molar-refractivity contribution < 1.29 is 19.8 Å². The lowest BCUT2D eigenvalue weighted by molar-refractivity contribution is -0.139. The molecule has 2 amide bonds. The number of nitrogens with one attached hydrogen (secondary N) is 1. The Morgan fingerprint density at radius 1 is 1.28 bits per heavy atom. The number of carbonyl (C=O) groups excluding carboxylic acids is 2. The van der Waals surface area contributed by atoms with Gasteiger partial charge >= 0.3 is 0 Å². The van der Waals surface area contributed by atoms with Crippen molar-refractivity contribution in [2.45, 2.75) is 38.1 Å². The highest BCUT2D eigenvalue weighted by Crippen LogP contribution is 2.20. The van der Waals surface area contributed by atoms with Crippen LogP contribution in [0, 0.1) is 5.92 Å². The van der Waals surface area contributed by atoms with Gasteiger partial charge in [-0.2, -0.15) is 0 Å². The Balaban J connectivity index is 1.94. The van der Waals surface area contributed by atoms with Crippen molar-refractivity contribution in [1.82, 2.24) is 10.2 Å². The maximum atomic E-state index is 12.5. The zero-order valence-corrected chi connectivity index (χ0v) is 14.8. The number of aliphatic hydroxyl groups excluding tert-OH is 2. The minimum atomic E-state index is -0.993. The Morgan fingerprint density at radius 2 is 1.96 bits per heavy atom. The average molecular weight is 348 g/mol. The Hall–Kier alpha value is -1.92. The normalized spacial score (nSPS) is 18.3. The van der Waals surface area contributed by atoms with Gasteiger partial charge in [0.2, 0.25) is 11.8 Å². The van der Waals surface area contributed by atoms with Crippen molar-refractivity contribution in [3.63, 3.8) is 0 Å². The third-order valence-corrected chi connectivity index (χ3v) is 5.05. The Kier molecular flexibility index (Phi) is 6.96. The molecule has 1 heterocycles. The van der Waals surface area contributed by atoms with E-state index in [0.29, 0.717) is 32.4 Å². The van der Waals surface area contributed by atoms with Crippen LogP contribution in [0.25, 0.3) is 0 Å². The van der Waals surface area contributed by atoms with Crippen LogP contribution in [0.15, 0.2) is 30.3 Å². The van der Waals surface area contributed by atoms with Crippen molar-refractivity contribution in [2.75, 3.05) is 26.3 Å². The fraction of sp³-hybridized carbons (Fsp3) is 0.579. The number of carbonyl (C=O) groups is 2. The molecular weight excluding hydrogens is 320 g/mol. The highest BCUT2D eigenvalue weighted by atomic mass is 16.3. The standard InChI is InChI=1S/C19H28N2O4/c1-2-19(13-22,14-23)20-18(25)16-8-9-17(24)21(12-16)11-10-15-6-4-3-5-7-15/h3-7,16,22-23H,2,8-14H2,1H3,(H,20,25). The molecule has 3 N–H and O–H groups in total. The molecule has 6 nitrogen and oxygen atoms in total. The first kappa shape index (κ1) is 19.4. The van der Waals surface area contributed by atoms with E-state index in [1.54, 1.807) is 4.90 Å². The van der Waals surface area contributed by atoms with Crippen molar-refractivity contribution >= 4 is 11.8 Å². The summed E-state index contributed by atoms with van der Waals surface area (Å²) in [6.07, 6.45) is 2.05.